The summed E-state index contributed by atoms with van der Waals surface area (Å²) in [6.07, 6.45) is 2.45. The average Bonchev–Trinajstić information content (AvgIpc) is 3.62. The number of hydrogen-bond donors (Lipinski definition) is 13. The molecule has 0 bridgehead atoms. The van der Waals surface area contributed by atoms with Crippen LogP contribution in [0.25, 0.3) is 0 Å². The molecule has 0 aromatic carbocycles. The van der Waals surface area contributed by atoms with Crippen molar-refractivity contribution in [3.63, 3.8) is 0 Å². The van der Waals surface area contributed by atoms with E-state index in [0.717, 1.165) is 6.42 Å². The summed E-state index contributed by atoms with van der Waals surface area (Å²) < 4.78 is 0. The molecule has 0 aromatic heterocycles. The molecule has 7 atom stereocenters. The molecule has 0 aliphatic carbocycles. The molecule has 1 aliphatic heterocycles. The predicted molar refractivity (Wildman–Crippen MR) is 192 cm³/mol. The van der Waals surface area contributed by atoms with Gasteiger partial charge in [0.1, 0.15) is 36.3 Å². The molecule has 21 nitrogen and oxygen atoms in total. The summed E-state index contributed by atoms with van der Waals surface area (Å²) in [6, 6.07) is -7.85. The van der Waals surface area contributed by atoms with Crippen LogP contribution < -0.4 is 59.7 Å². The minimum Gasteiger partial charge on any atom is -0.480 e. The zero-order valence-corrected chi connectivity index (χ0v) is 30.8. The average molecular weight is 755 g/mol. The Morgan fingerprint density at radius 1 is 0.736 bits per heavy atom. The molecule has 7 amide bonds. The number of primary amides is 1. The van der Waals surface area contributed by atoms with Crippen molar-refractivity contribution in [2.24, 2.45) is 23.1 Å². The summed E-state index contributed by atoms with van der Waals surface area (Å²) in [5.41, 5.74) is 16.0. The van der Waals surface area contributed by atoms with Gasteiger partial charge in [-0.05, 0) is 77.8 Å². The summed E-state index contributed by atoms with van der Waals surface area (Å²) in [6.45, 7) is 7.20. The fourth-order valence-electron chi connectivity index (χ4n) is 5.27. The molecule has 1 rings (SSSR count). The van der Waals surface area contributed by atoms with Crippen molar-refractivity contribution < 1.29 is 43.5 Å². The third kappa shape index (κ3) is 17.3. The van der Waals surface area contributed by atoms with Gasteiger partial charge < -0.3 is 64.8 Å². The van der Waals surface area contributed by atoms with E-state index in [1.165, 1.54) is 13.8 Å². The van der Waals surface area contributed by atoms with Gasteiger partial charge in [0.15, 0.2) is 5.96 Å². The SMILES string of the molecule is CC(C)[C@H](NC(=O)[C@H](CCCCN)NC(=O)[C@H](CCCNC(=N)N)NC(=O)[C@@H]1CCCN1)C(=O)N[C@@H](C)C(=O)N[C@@H](C)C(=O)N[C@@H](CC(N)=O)C(=O)O. The molecule has 1 saturated heterocycles. The van der Waals surface area contributed by atoms with Gasteiger partial charge in [-0.3, -0.25) is 39.0 Å². The Morgan fingerprint density at radius 3 is 1.81 bits per heavy atom. The molecule has 0 saturated carbocycles. The summed E-state index contributed by atoms with van der Waals surface area (Å²) in [4.78, 5) is 101. The number of carbonyl (C=O) groups is 8. The number of carbonyl (C=O) groups excluding carboxylic acids is 7. The third-order valence-electron chi connectivity index (χ3n) is 8.35. The maximum Gasteiger partial charge on any atom is 0.326 e. The summed E-state index contributed by atoms with van der Waals surface area (Å²) in [5, 5.41) is 37.4. The second-order valence-corrected chi connectivity index (χ2v) is 13.3. The van der Waals surface area contributed by atoms with Crippen LogP contribution in [0.15, 0.2) is 0 Å². The molecule has 0 spiro atoms. The summed E-state index contributed by atoms with van der Waals surface area (Å²) >= 11 is 0. The van der Waals surface area contributed by atoms with Gasteiger partial charge in [0.2, 0.25) is 41.4 Å². The molecule has 0 unspecified atom stereocenters. The van der Waals surface area contributed by atoms with Crippen molar-refractivity contribution in [1.29, 1.82) is 5.41 Å². The van der Waals surface area contributed by atoms with Gasteiger partial charge in [-0.1, -0.05) is 13.8 Å². The molecule has 16 N–H and O–H groups in total. The first-order valence-electron chi connectivity index (χ1n) is 17.7. The van der Waals surface area contributed by atoms with Gasteiger partial charge in [0.05, 0.1) is 12.5 Å². The number of amides is 7. The molecule has 0 radical (unpaired) electrons. The number of nitrogens with two attached hydrogens (primary N) is 3. The lowest BCUT2D eigenvalue weighted by Crippen LogP contribution is -2.60. The number of carboxylic acids is 1. The Kier molecular flexibility index (Phi) is 20.4. The second kappa shape index (κ2) is 23.5. The van der Waals surface area contributed by atoms with E-state index in [2.05, 4.69) is 42.5 Å². The molecular formula is C32H58N12O9. The third-order valence-corrected chi connectivity index (χ3v) is 8.35. The maximum absolute atomic E-state index is 13.6. The topological polar surface area (TPSA) is 355 Å². The van der Waals surface area contributed by atoms with E-state index < -0.39 is 96.0 Å². The van der Waals surface area contributed by atoms with Crippen LogP contribution in [0.5, 0.6) is 0 Å². The Bertz CT molecular complexity index is 1310. The Balaban J connectivity index is 3.02. The minimum atomic E-state index is -1.61. The normalized spacial score (nSPS) is 17.1. The Hall–Kier alpha value is -5.05. The monoisotopic (exact) mass is 754 g/mol. The zero-order valence-electron chi connectivity index (χ0n) is 30.8. The summed E-state index contributed by atoms with van der Waals surface area (Å²) in [5.74, 6) is -7.30. The van der Waals surface area contributed by atoms with Crippen molar-refractivity contribution in [2.75, 3.05) is 19.6 Å². The highest BCUT2D eigenvalue weighted by molar-refractivity contribution is 5.97. The number of aliphatic carboxylic acids is 1. The largest absolute Gasteiger partial charge is 0.480 e. The number of guanidine groups is 1. The fourth-order valence-corrected chi connectivity index (χ4v) is 5.27. The Labute approximate surface area is 308 Å². The van der Waals surface area contributed by atoms with Crippen LogP contribution in [0.2, 0.25) is 0 Å². The zero-order chi connectivity index (χ0) is 40.2. The number of hydrogen-bond acceptors (Lipinski definition) is 11. The van der Waals surface area contributed by atoms with Crippen LogP contribution >= 0.6 is 0 Å². The van der Waals surface area contributed by atoms with Crippen molar-refractivity contribution in [2.45, 2.75) is 121 Å². The van der Waals surface area contributed by atoms with Gasteiger partial charge in [-0.2, -0.15) is 0 Å². The highest BCUT2D eigenvalue weighted by atomic mass is 16.4. The van der Waals surface area contributed by atoms with Crippen LogP contribution in [0.4, 0.5) is 0 Å². The van der Waals surface area contributed by atoms with Crippen LogP contribution in [0.1, 0.15) is 79.1 Å². The van der Waals surface area contributed by atoms with E-state index in [1.54, 1.807) is 13.8 Å². The predicted octanol–water partition coefficient (Wildman–Crippen LogP) is -4.30. The van der Waals surface area contributed by atoms with E-state index >= 15 is 0 Å². The lowest BCUT2D eigenvalue weighted by Gasteiger charge is -2.28. The van der Waals surface area contributed by atoms with Gasteiger partial charge >= 0.3 is 5.97 Å². The molecule has 300 valence electrons. The van der Waals surface area contributed by atoms with Gasteiger partial charge in [-0.15, -0.1) is 0 Å². The van der Waals surface area contributed by atoms with Crippen molar-refractivity contribution in [3.8, 4) is 0 Å². The number of nitrogens with one attached hydrogen (secondary N) is 9. The molecule has 1 fully saturated rings. The van der Waals surface area contributed by atoms with E-state index in [0.29, 0.717) is 38.8 Å². The molecule has 21 heteroatoms. The van der Waals surface area contributed by atoms with E-state index in [9.17, 15) is 43.5 Å². The van der Waals surface area contributed by atoms with E-state index in [4.69, 9.17) is 22.6 Å². The molecule has 0 aromatic rings. The molecule has 1 heterocycles. The van der Waals surface area contributed by atoms with Crippen molar-refractivity contribution >= 4 is 53.3 Å². The maximum atomic E-state index is 13.6. The van der Waals surface area contributed by atoms with Gasteiger partial charge in [0, 0.05) is 6.54 Å². The Morgan fingerprint density at radius 2 is 1.28 bits per heavy atom. The fraction of sp³-hybridized carbons (Fsp3) is 0.719. The highest BCUT2D eigenvalue weighted by Crippen LogP contribution is 2.10. The van der Waals surface area contributed by atoms with Crippen molar-refractivity contribution in [1.82, 2.24) is 42.5 Å². The number of unbranched alkanes of at least 4 members (excludes halogenated alkanes) is 1. The molecule has 1 aliphatic rings. The number of rotatable bonds is 24. The van der Waals surface area contributed by atoms with Gasteiger partial charge in [0.25, 0.3) is 0 Å². The van der Waals surface area contributed by atoms with Crippen LogP contribution in [-0.2, 0) is 38.4 Å². The molecular weight excluding hydrogens is 696 g/mol. The second-order valence-electron chi connectivity index (χ2n) is 13.3. The molecule has 53 heavy (non-hydrogen) atoms. The first-order chi connectivity index (χ1) is 24.9. The van der Waals surface area contributed by atoms with Crippen LogP contribution in [0.3, 0.4) is 0 Å². The smallest absolute Gasteiger partial charge is 0.326 e. The first kappa shape index (κ1) is 46.0. The quantitative estimate of drug-likeness (QED) is 0.0252. The number of carboxylic acid groups (broad SMARTS) is 1. The lowest BCUT2D eigenvalue weighted by atomic mass is 10.0. The minimum absolute atomic E-state index is 0.166. The van der Waals surface area contributed by atoms with E-state index in [-0.39, 0.29) is 31.3 Å². The van der Waals surface area contributed by atoms with E-state index in [1.807, 2.05) is 0 Å². The van der Waals surface area contributed by atoms with Crippen molar-refractivity contribution in [3.05, 3.63) is 0 Å². The first-order valence-corrected chi connectivity index (χ1v) is 17.7. The van der Waals surface area contributed by atoms with Crippen LogP contribution in [-0.4, -0.2) is 120 Å². The lowest BCUT2D eigenvalue weighted by molar-refractivity contribution is -0.143. The van der Waals surface area contributed by atoms with Gasteiger partial charge in [-0.25, -0.2) is 4.79 Å². The highest BCUT2D eigenvalue weighted by Gasteiger charge is 2.33. The standard InChI is InChI=1S/C32H58N12O9/c1-16(2)24(30(51)40-17(3)25(46)39-18(4)26(47)43-22(31(52)53)15-23(34)45)44-29(50)20(9-5-6-12-33)42-28(49)21(11-8-14-38-32(35)36)41-27(48)19-10-7-13-37-19/h16-22,24,37H,5-15,33H2,1-4H3,(H2,34,45)(H,39,46)(H,40,51)(H,41,48)(H,42,49)(H,43,47)(H,44,50)(H,52,53)(H4,35,36,38)/t17-,18-,19-,20-,21-,22-,24-/m0/s1. The van der Waals surface area contributed by atoms with Crippen LogP contribution in [0, 0.1) is 11.3 Å². The summed E-state index contributed by atoms with van der Waals surface area (Å²) in [7, 11) is 0.